The van der Waals surface area contributed by atoms with Crippen molar-refractivity contribution in [2.75, 3.05) is 26.2 Å². The molecule has 0 radical (unpaired) electrons. The van der Waals surface area contributed by atoms with Gasteiger partial charge in [0.25, 0.3) is 0 Å². The molecule has 0 aromatic carbocycles. The summed E-state index contributed by atoms with van der Waals surface area (Å²) in [4.78, 5) is 2.64. The zero-order valence-electron chi connectivity index (χ0n) is 9.75. The first-order valence-corrected chi connectivity index (χ1v) is 6.87. The second-order valence-corrected chi connectivity index (χ2v) is 5.78. The van der Waals surface area contributed by atoms with Crippen molar-refractivity contribution < 1.29 is 0 Å². The summed E-state index contributed by atoms with van der Waals surface area (Å²) < 4.78 is 0. The molecule has 0 spiro atoms. The highest BCUT2D eigenvalue weighted by Crippen LogP contribution is 2.33. The predicted molar refractivity (Wildman–Crippen MR) is 62.9 cm³/mol. The molecule has 15 heavy (non-hydrogen) atoms. The third-order valence-electron chi connectivity index (χ3n) is 4.55. The van der Waals surface area contributed by atoms with Gasteiger partial charge in [-0.1, -0.05) is 12.8 Å². The van der Waals surface area contributed by atoms with Gasteiger partial charge in [0.05, 0.1) is 0 Å². The topological polar surface area (TPSA) is 15.3 Å². The van der Waals surface area contributed by atoms with Gasteiger partial charge in [0.1, 0.15) is 0 Å². The molecule has 0 aromatic heterocycles. The fraction of sp³-hybridized carbons (Fsp3) is 1.00. The molecule has 3 heterocycles. The van der Waals surface area contributed by atoms with Gasteiger partial charge in [0, 0.05) is 12.6 Å². The van der Waals surface area contributed by atoms with Crippen LogP contribution in [0.25, 0.3) is 0 Å². The van der Waals surface area contributed by atoms with Crippen molar-refractivity contribution in [3.05, 3.63) is 0 Å². The number of fused-ring (bicyclic) bond motifs is 3. The Balaban J connectivity index is 1.35. The second kappa shape index (κ2) is 4.42. The molecule has 3 aliphatic heterocycles. The summed E-state index contributed by atoms with van der Waals surface area (Å²) in [6.45, 7) is 5.33. The highest BCUT2D eigenvalue weighted by atomic mass is 15.2. The minimum Gasteiger partial charge on any atom is -0.312 e. The van der Waals surface area contributed by atoms with Gasteiger partial charge in [-0.25, -0.2) is 0 Å². The molecule has 2 nitrogen and oxygen atoms in total. The van der Waals surface area contributed by atoms with Crippen molar-refractivity contribution in [1.29, 1.82) is 0 Å². The van der Waals surface area contributed by atoms with Gasteiger partial charge in [-0.2, -0.15) is 0 Å². The van der Waals surface area contributed by atoms with E-state index in [-0.39, 0.29) is 0 Å². The molecule has 4 rings (SSSR count). The van der Waals surface area contributed by atoms with Crippen molar-refractivity contribution in [3.8, 4) is 0 Å². The zero-order chi connectivity index (χ0) is 10.1. The van der Waals surface area contributed by atoms with Crippen LogP contribution in [-0.2, 0) is 0 Å². The predicted octanol–water partition coefficient (Wildman–Crippen LogP) is 1.86. The summed E-state index contributed by atoms with van der Waals surface area (Å²) in [6.07, 6.45) is 8.81. The van der Waals surface area contributed by atoms with Gasteiger partial charge >= 0.3 is 0 Å². The molecule has 0 amide bonds. The van der Waals surface area contributed by atoms with E-state index in [0.29, 0.717) is 0 Å². The first kappa shape index (κ1) is 10.1. The average molecular weight is 208 g/mol. The van der Waals surface area contributed by atoms with Gasteiger partial charge < -0.3 is 10.2 Å². The minimum absolute atomic E-state index is 0.826. The molecule has 1 atom stereocenters. The van der Waals surface area contributed by atoms with E-state index in [9.17, 15) is 0 Å². The summed E-state index contributed by atoms with van der Waals surface area (Å²) >= 11 is 0. The molecule has 2 heteroatoms. The van der Waals surface area contributed by atoms with E-state index in [1.807, 2.05) is 0 Å². The van der Waals surface area contributed by atoms with E-state index in [1.54, 1.807) is 0 Å². The largest absolute Gasteiger partial charge is 0.312 e. The maximum absolute atomic E-state index is 3.79. The monoisotopic (exact) mass is 208 g/mol. The normalized spacial score (nSPS) is 39.6. The highest BCUT2D eigenvalue weighted by Gasteiger charge is 2.33. The van der Waals surface area contributed by atoms with Crippen LogP contribution in [-0.4, -0.2) is 37.1 Å². The van der Waals surface area contributed by atoms with Gasteiger partial charge in [0.2, 0.25) is 0 Å². The van der Waals surface area contributed by atoms with Crippen LogP contribution in [0.2, 0.25) is 0 Å². The Hall–Kier alpha value is -0.0800. The van der Waals surface area contributed by atoms with Crippen molar-refractivity contribution in [2.24, 2.45) is 11.8 Å². The Kier molecular flexibility index (Phi) is 2.98. The number of rotatable bonds is 5. The number of nitrogens with zero attached hydrogens (tertiary/aromatic N) is 1. The Bertz CT molecular complexity index is 205. The maximum atomic E-state index is 3.79. The number of hydrogen-bond donors (Lipinski definition) is 1. The van der Waals surface area contributed by atoms with Crippen molar-refractivity contribution in [2.45, 2.75) is 44.6 Å². The van der Waals surface area contributed by atoms with Crippen LogP contribution in [0.15, 0.2) is 0 Å². The minimum atomic E-state index is 0.826. The van der Waals surface area contributed by atoms with Crippen molar-refractivity contribution >= 4 is 0 Å². The molecule has 4 fully saturated rings. The first-order chi connectivity index (χ1) is 7.42. The van der Waals surface area contributed by atoms with E-state index in [2.05, 4.69) is 10.2 Å². The SMILES string of the molecule is C(CNC1CN2CCC1CC2)CC1CC1. The summed E-state index contributed by atoms with van der Waals surface area (Å²) in [5.41, 5.74) is 0. The van der Waals surface area contributed by atoms with Gasteiger partial charge in [-0.05, 0) is 57.2 Å². The Morgan fingerprint density at radius 2 is 1.87 bits per heavy atom. The fourth-order valence-electron chi connectivity index (χ4n) is 3.28. The molecular weight excluding hydrogens is 184 g/mol. The quantitative estimate of drug-likeness (QED) is 0.694. The fourth-order valence-corrected chi connectivity index (χ4v) is 3.28. The lowest BCUT2D eigenvalue weighted by Crippen LogP contribution is -2.56. The summed E-state index contributed by atoms with van der Waals surface area (Å²) in [6, 6.07) is 0.826. The Labute approximate surface area is 93.4 Å². The molecule has 86 valence electrons. The summed E-state index contributed by atoms with van der Waals surface area (Å²) in [5.74, 6) is 2.11. The maximum Gasteiger partial charge on any atom is 0.0224 e. The van der Waals surface area contributed by atoms with Gasteiger partial charge in [0.15, 0.2) is 0 Å². The summed E-state index contributed by atoms with van der Waals surface area (Å²) in [5, 5.41) is 3.79. The van der Waals surface area contributed by atoms with Crippen LogP contribution in [0.5, 0.6) is 0 Å². The zero-order valence-corrected chi connectivity index (χ0v) is 9.75. The smallest absolute Gasteiger partial charge is 0.0224 e. The van der Waals surface area contributed by atoms with Crippen molar-refractivity contribution in [3.63, 3.8) is 0 Å². The lowest BCUT2D eigenvalue weighted by Gasteiger charge is -2.45. The van der Waals surface area contributed by atoms with E-state index < -0.39 is 0 Å². The molecular formula is C13H24N2. The van der Waals surface area contributed by atoms with Crippen LogP contribution < -0.4 is 5.32 Å². The Morgan fingerprint density at radius 3 is 2.47 bits per heavy atom. The van der Waals surface area contributed by atoms with Crippen LogP contribution in [0, 0.1) is 11.8 Å². The second-order valence-electron chi connectivity index (χ2n) is 5.78. The number of piperidine rings is 3. The molecule has 1 unspecified atom stereocenters. The third kappa shape index (κ3) is 2.54. The highest BCUT2D eigenvalue weighted by molar-refractivity contribution is 4.90. The molecule has 3 saturated heterocycles. The van der Waals surface area contributed by atoms with E-state index >= 15 is 0 Å². The standard InChI is InChI=1S/C13H24N2/c1(2-11-3-4-11)7-14-13-10-15-8-5-12(13)6-9-15/h11-14H,1-10H2. The van der Waals surface area contributed by atoms with Crippen molar-refractivity contribution in [1.82, 2.24) is 10.2 Å². The number of hydrogen-bond acceptors (Lipinski definition) is 2. The first-order valence-electron chi connectivity index (χ1n) is 6.87. The van der Waals surface area contributed by atoms with E-state index in [0.717, 1.165) is 17.9 Å². The molecule has 1 aliphatic carbocycles. The van der Waals surface area contributed by atoms with Crippen LogP contribution >= 0.6 is 0 Å². The van der Waals surface area contributed by atoms with E-state index in [1.165, 1.54) is 64.7 Å². The molecule has 1 N–H and O–H groups in total. The molecule has 4 aliphatic rings. The van der Waals surface area contributed by atoms with Crippen LogP contribution in [0.1, 0.15) is 38.5 Å². The third-order valence-corrected chi connectivity index (χ3v) is 4.55. The van der Waals surface area contributed by atoms with Crippen LogP contribution in [0.3, 0.4) is 0 Å². The number of nitrogens with one attached hydrogen (secondary N) is 1. The molecule has 0 aromatic rings. The lowest BCUT2D eigenvalue weighted by atomic mass is 9.84. The van der Waals surface area contributed by atoms with Gasteiger partial charge in [-0.3, -0.25) is 0 Å². The molecule has 2 bridgehead atoms. The molecule has 1 saturated carbocycles. The lowest BCUT2D eigenvalue weighted by molar-refractivity contribution is 0.0727. The van der Waals surface area contributed by atoms with Crippen LogP contribution in [0.4, 0.5) is 0 Å². The van der Waals surface area contributed by atoms with Gasteiger partial charge in [-0.15, -0.1) is 0 Å². The van der Waals surface area contributed by atoms with E-state index in [4.69, 9.17) is 0 Å². The Morgan fingerprint density at radius 1 is 1.07 bits per heavy atom. The summed E-state index contributed by atoms with van der Waals surface area (Å²) in [7, 11) is 0. The average Bonchev–Trinajstić information content (AvgIpc) is 3.10.